The lowest BCUT2D eigenvalue weighted by atomic mass is 9.92. The Kier molecular flexibility index (Phi) is 12.4. The lowest BCUT2D eigenvalue weighted by Crippen LogP contribution is -2.48. The maximum atomic E-state index is 14.0. The van der Waals surface area contributed by atoms with Gasteiger partial charge in [-0.25, -0.2) is 4.68 Å². The van der Waals surface area contributed by atoms with Gasteiger partial charge in [0.25, 0.3) is 11.8 Å². The fourth-order valence-electron chi connectivity index (χ4n) is 7.65. The number of hydrogen-bond donors (Lipinski definition) is 3. The number of rotatable bonds is 14. The predicted molar refractivity (Wildman–Crippen MR) is 208 cm³/mol. The minimum atomic E-state index is -0.431. The average molecular weight is 728 g/mol. The Morgan fingerprint density at radius 1 is 0.648 bits per heavy atom. The molecule has 280 valence electrons. The monoisotopic (exact) mass is 727 g/mol. The maximum Gasteiger partial charge on any atom is 0.272 e. The zero-order valence-corrected chi connectivity index (χ0v) is 30.6. The molecule has 1 heterocycles. The first-order chi connectivity index (χ1) is 26.5. The van der Waals surface area contributed by atoms with Gasteiger partial charge in [-0.05, 0) is 53.1 Å². The van der Waals surface area contributed by atoms with Gasteiger partial charge in [0.05, 0.1) is 37.5 Å². The molecule has 0 unspecified atom stereocenters. The van der Waals surface area contributed by atoms with E-state index in [0.29, 0.717) is 13.2 Å². The van der Waals surface area contributed by atoms with Crippen LogP contribution in [0.4, 0.5) is 0 Å². The summed E-state index contributed by atoms with van der Waals surface area (Å²) in [5.74, 6) is -1.12. The van der Waals surface area contributed by atoms with Crippen LogP contribution < -0.4 is 16.0 Å². The number of hydrogen-bond acceptors (Lipinski definition) is 6. The molecule has 3 amide bonds. The molecule has 0 bridgehead atoms. The zero-order valence-electron chi connectivity index (χ0n) is 30.6. The Morgan fingerprint density at radius 2 is 1.22 bits per heavy atom. The fourth-order valence-corrected chi connectivity index (χ4v) is 7.65. The van der Waals surface area contributed by atoms with E-state index in [-0.39, 0.29) is 54.7 Å². The van der Waals surface area contributed by atoms with Crippen molar-refractivity contribution in [2.24, 2.45) is 0 Å². The van der Waals surface area contributed by atoms with Gasteiger partial charge in [-0.3, -0.25) is 14.4 Å². The van der Waals surface area contributed by atoms with Gasteiger partial charge < -0.3 is 25.4 Å². The van der Waals surface area contributed by atoms with Crippen LogP contribution in [0, 0.1) is 0 Å². The Bertz CT molecular complexity index is 2010. The van der Waals surface area contributed by atoms with Gasteiger partial charge in [-0.2, -0.15) is 5.10 Å². The molecule has 2 saturated carbocycles. The number of amides is 3. The fraction of sp³-hybridized carbons (Fsp3) is 0.364. The molecule has 4 aromatic carbocycles. The van der Waals surface area contributed by atoms with Crippen molar-refractivity contribution in [1.82, 2.24) is 25.7 Å². The molecule has 0 spiro atoms. The molecule has 0 radical (unpaired) electrons. The van der Waals surface area contributed by atoms with Crippen LogP contribution in [0.3, 0.4) is 0 Å². The highest BCUT2D eigenvalue weighted by atomic mass is 16.5. The highest BCUT2D eigenvalue weighted by Gasteiger charge is 2.31. The third-order valence-corrected chi connectivity index (χ3v) is 10.5. The Labute approximate surface area is 316 Å². The number of nitrogens with one attached hydrogen (secondary N) is 3. The van der Waals surface area contributed by atoms with Crippen LogP contribution >= 0.6 is 0 Å². The van der Waals surface area contributed by atoms with Crippen LogP contribution in [0.15, 0.2) is 109 Å². The summed E-state index contributed by atoms with van der Waals surface area (Å²) in [5, 5.41) is 16.0. The number of ether oxygens (including phenoxy) is 2. The lowest BCUT2D eigenvalue weighted by molar-refractivity contribution is -0.124. The molecule has 3 N–H and O–H groups in total. The summed E-state index contributed by atoms with van der Waals surface area (Å²) in [6.45, 7) is 0.980. The molecule has 2 aliphatic rings. The topological polar surface area (TPSA) is 124 Å². The summed E-state index contributed by atoms with van der Waals surface area (Å²) >= 11 is 0. The zero-order chi connectivity index (χ0) is 37.1. The van der Waals surface area contributed by atoms with Crippen LogP contribution in [0.2, 0.25) is 0 Å². The molecule has 10 nitrogen and oxygen atoms in total. The number of carbonyl (C=O) groups is 3. The second-order valence-corrected chi connectivity index (χ2v) is 14.4. The van der Waals surface area contributed by atoms with Crippen LogP contribution in [0.5, 0.6) is 0 Å². The SMILES string of the molecule is O=C(Cn1nc(C(=O)NCc2cccc3ccccc23)cc1C(=O)N[C@H]1CCCC[C@@H]1OCc1ccccc1)N[C@H]1CCCC[C@@H]1OCc1ccccc1. The summed E-state index contributed by atoms with van der Waals surface area (Å²) in [6, 6.07) is 35.1. The van der Waals surface area contributed by atoms with Gasteiger partial charge in [0.15, 0.2) is 5.69 Å². The Hall–Kier alpha value is -5.32. The van der Waals surface area contributed by atoms with Gasteiger partial charge in [0.2, 0.25) is 5.91 Å². The quantitative estimate of drug-likeness (QED) is 0.115. The summed E-state index contributed by atoms with van der Waals surface area (Å²) in [7, 11) is 0. The highest BCUT2D eigenvalue weighted by Crippen LogP contribution is 2.25. The van der Waals surface area contributed by atoms with Crippen LogP contribution in [0.25, 0.3) is 10.8 Å². The smallest absolute Gasteiger partial charge is 0.272 e. The molecule has 4 atom stereocenters. The minimum absolute atomic E-state index is 0.0652. The van der Waals surface area contributed by atoms with E-state index < -0.39 is 11.8 Å². The van der Waals surface area contributed by atoms with Crippen molar-refractivity contribution >= 4 is 28.5 Å². The molecule has 7 rings (SSSR count). The van der Waals surface area contributed by atoms with Crippen molar-refractivity contribution in [2.45, 2.75) is 102 Å². The van der Waals surface area contributed by atoms with Crippen molar-refractivity contribution in [1.29, 1.82) is 0 Å². The summed E-state index contributed by atoms with van der Waals surface area (Å²) < 4.78 is 14.0. The van der Waals surface area contributed by atoms with E-state index in [1.165, 1.54) is 10.7 Å². The standard InChI is InChI=1S/C44H49N5O5/c50-42(46-36-22-9-11-24-40(36)53-29-31-14-3-1-4-15-31)28-49-39(44(52)47-37-23-10-12-25-41(37)54-30-32-16-5-2-6-17-32)26-38(48-49)43(51)45-27-34-20-13-19-33-18-7-8-21-35(33)34/h1-8,13-21,26,36-37,40-41H,9-12,22-25,27-30H2,(H,45,51)(H,46,50)(H,47,52)/t36-,37-,40-,41-/m0/s1. The Balaban J connectivity index is 1.06. The molecule has 0 aliphatic heterocycles. The molecule has 2 aliphatic carbocycles. The second-order valence-electron chi connectivity index (χ2n) is 14.4. The van der Waals surface area contributed by atoms with E-state index >= 15 is 0 Å². The first kappa shape index (κ1) is 37.0. The predicted octanol–water partition coefficient (Wildman–Crippen LogP) is 6.87. The van der Waals surface area contributed by atoms with Gasteiger partial charge >= 0.3 is 0 Å². The number of fused-ring (bicyclic) bond motifs is 1. The summed E-state index contributed by atoms with van der Waals surface area (Å²) in [4.78, 5) is 41.3. The van der Waals surface area contributed by atoms with Crippen molar-refractivity contribution in [3.8, 4) is 0 Å². The summed E-state index contributed by atoms with van der Waals surface area (Å²) in [5.41, 5.74) is 3.33. The van der Waals surface area contributed by atoms with Crippen molar-refractivity contribution in [3.05, 3.63) is 137 Å². The van der Waals surface area contributed by atoms with Crippen molar-refractivity contribution in [2.75, 3.05) is 0 Å². The molecule has 10 heteroatoms. The van der Waals surface area contributed by atoms with Crippen LogP contribution in [-0.2, 0) is 40.6 Å². The van der Waals surface area contributed by atoms with E-state index in [1.807, 2.05) is 103 Å². The second kappa shape index (κ2) is 18.1. The van der Waals surface area contributed by atoms with Gasteiger partial charge in [0, 0.05) is 12.6 Å². The third kappa shape index (κ3) is 9.61. The van der Waals surface area contributed by atoms with Crippen molar-refractivity contribution in [3.63, 3.8) is 0 Å². The maximum absolute atomic E-state index is 14.0. The summed E-state index contributed by atoms with van der Waals surface area (Å²) in [6.07, 6.45) is 6.96. The molecular weight excluding hydrogens is 679 g/mol. The molecule has 0 saturated heterocycles. The van der Waals surface area contributed by atoms with Gasteiger partial charge in [-0.15, -0.1) is 0 Å². The minimum Gasteiger partial charge on any atom is -0.371 e. The Morgan fingerprint density at radius 3 is 1.89 bits per heavy atom. The van der Waals surface area contributed by atoms with Crippen LogP contribution in [-0.4, -0.2) is 51.8 Å². The van der Waals surface area contributed by atoms with Gasteiger partial charge in [0.1, 0.15) is 12.2 Å². The third-order valence-electron chi connectivity index (χ3n) is 10.5. The molecule has 5 aromatic rings. The number of nitrogens with zero attached hydrogens (tertiary/aromatic N) is 2. The molecule has 54 heavy (non-hydrogen) atoms. The molecule has 2 fully saturated rings. The number of benzene rings is 4. The average Bonchev–Trinajstić information content (AvgIpc) is 3.64. The first-order valence-corrected chi connectivity index (χ1v) is 19.2. The normalized spacial score (nSPS) is 19.9. The number of carbonyl (C=O) groups excluding carboxylic acids is 3. The van der Waals surface area contributed by atoms with E-state index in [4.69, 9.17) is 9.47 Å². The van der Waals surface area contributed by atoms with Crippen LogP contribution in [0.1, 0.15) is 89.0 Å². The van der Waals surface area contributed by atoms with Gasteiger partial charge in [-0.1, -0.05) is 129 Å². The van der Waals surface area contributed by atoms with E-state index in [1.54, 1.807) is 0 Å². The van der Waals surface area contributed by atoms with E-state index in [2.05, 4.69) is 21.0 Å². The van der Waals surface area contributed by atoms with Crippen molar-refractivity contribution < 1.29 is 23.9 Å². The van der Waals surface area contributed by atoms with E-state index in [9.17, 15) is 14.4 Å². The largest absolute Gasteiger partial charge is 0.371 e. The first-order valence-electron chi connectivity index (χ1n) is 19.2. The molecular formula is C44H49N5O5. The molecule has 1 aromatic heterocycles. The lowest BCUT2D eigenvalue weighted by Gasteiger charge is -2.32. The number of aromatic nitrogens is 2. The highest BCUT2D eigenvalue weighted by molar-refractivity contribution is 5.98. The van der Waals surface area contributed by atoms with E-state index in [0.717, 1.165) is 78.8 Å².